The van der Waals surface area contributed by atoms with Crippen LogP contribution < -0.4 is 0 Å². The van der Waals surface area contributed by atoms with Gasteiger partial charge in [-0.2, -0.15) is 0 Å². The Morgan fingerprint density at radius 2 is 0.295 bits per heavy atom. The van der Waals surface area contributed by atoms with E-state index >= 15 is 0 Å². The van der Waals surface area contributed by atoms with Crippen molar-refractivity contribution in [1.29, 1.82) is 0 Å². The average molecular weight is 639 g/mol. The molecule has 0 unspecified atom stereocenters. The summed E-state index contributed by atoms with van der Waals surface area (Å²) in [7, 11) is 0. The van der Waals surface area contributed by atoms with Gasteiger partial charge in [0, 0.05) is 0 Å². The number of unbranched alkanes of at least 4 members (excludes halogenated alkanes) is 18. The van der Waals surface area contributed by atoms with E-state index in [4.69, 9.17) is 0 Å². The van der Waals surface area contributed by atoms with E-state index in [-0.39, 0.29) is 14.9 Å². The van der Waals surface area contributed by atoms with Gasteiger partial charge in [0.15, 0.2) is 0 Å². The first-order valence-electron chi connectivity index (χ1n) is 20.5. The molecule has 0 heteroatoms. The van der Waals surface area contributed by atoms with Crippen LogP contribution in [0.1, 0.15) is 294 Å². The van der Waals surface area contributed by atoms with Crippen LogP contribution in [0.25, 0.3) is 0 Å². The van der Waals surface area contributed by atoms with Gasteiger partial charge in [-0.3, -0.25) is 0 Å². The highest BCUT2D eigenvalue weighted by Crippen LogP contribution is 2.13. The Labute approximate surface area is 292 Å². The summed E-state index contributed by atoms with van der Waals surface area (Å²) < 4.78 is 0. The van der Waals surface area contributed by atoms with Gasteiger partial charge in [0.05, 0.1) is 0 Å². The maximum absolute atomic E-state index is 2.29. The van der Waals surface area contributed by atoms with Crippen molar-refractivity contribution >= 4 is 0 Å². The number of rotatable bonds is 18. The van der Waals surface area contributed by atoms with Gasteiger partial charge < -0.3 is 0 Å². The summed E-state index contributed by atoms with van der Waals surface area (Å²) in [6.07, 6.45) is 33.9. The zero-order valence-corrected chi connectivity index (χ0v) is 35.0. The molecule has 0 saturated carbocycles. The molecule has 0 nitrogen and oxygen atoms in total. The first-order valence-corrected chi connectivity index (χ1v) is 20.5. The molecule has 0 fully saturated rings. The molecule has 0 N–H and O–H groups in total. The van der Waals surface area contributed by atoms with Gasteiger partial charge in [0.25, 0.3) is 0 Å². The van der Waals surface area contributed by atoms with Gasteiger partial charge >= 0.3 is 0 Å². The molecule has 0 aliphatic rings. The van der Waals surface area contributed by atoms with Crippen molar-refractivity contribution in [1.82, 2.24) is 0 Å². The lowest BCUT2D eigenvalue weighted by atomic mass is 10.0. The highest BCUT2D eigenvalue weighted by molar-refractivity contribution is 4.49. The van der Waals surface area contributed by atoms with Gasteiger partial charge in [-0.25, -0.2) is 0 Å². The number of hydrogen-bond acceptors (Lipinski definition) is 0. The molecule has 0 aliphatic carbocycles. The fourth-order valence-electron chi connectivity index (χ4n) is 2.97. The Morgan fingerprint density at radius 3 is 0.364 bits per heavy atom. The summed E-state index contributed by atoms with van der Waals surface area (Å²) in [5.41, 5.74) is 0. The van der Waals surface area contributed by atoms with Crippen LogP contribution in [0.15, 0.2) is 0 Å². The van der Waals surface area contributed by atoms with E-state index in [9.17, 15) is 0 Å². The zero-order chi connectivity index (χ0) is 35.0. The Morgan fingerprint density at radius 1 is 0.182 bits per heavy atom. The van der Waals surface area contributed by atoms with E-state index in [0.717, 1.165) is 0 Å². The van der Waals surface area contributed by atoms with Gasteiger partial charge in [-0.1, -0.05) is 294 Å². The summed E-state index contributed by atoms with van der Waals surface area (Å²) in [4.78, 5) is 0. The molecule has 0 aromatic carbocycles. The van der Waals surface area contributed by atoms with E-state index in [2.05, 4.69) is 83.1 Å². The van der Waals surface area contributed by atoms with Crippen LogP contribution in [0.4, 0.5) is 0 Å². The monoisotopic (exact) mass is 639 g/mol. The minimum Gasteiger partial charge on any atom is -0.0776 e. The first kappa shape index (κ1) is 74.7. The molecule has 0 bridgehead atoms. The van der Waals surface area contributed by atoms with Crippen molar-refractivity contribution in [2.75, 3.05) is 0 Å². The highest BCUT2D eigenvalue weighted by atomic mass is 14.0. The third-order valence-corrected chi connectivity index (χ3v) is 5.16. The maximum Gasteiger partial charge on any atom is -0.0533 e. The molecule has 0 aliphatic heterocycles. The third-order valence-electron chi connectivity index (χ3n) is 5.16. The second kappa shape index (κ2) is 132. The lowest BCUT2D eigenvalue weighted by molar-refractivity contribution is 0.531. The summed E-state index contributed by atoms with van der Waals surface area (Å²) in [5, 5.41) is 0. The van der Waals surface area contributed by atoms with E-state index < -0.39 is 0 Å². The molecule has 0 atom stereocenters. The average Bonchev–Trinajstić information content (AvgIpc) is 3.02. The van der Waals surface area contributed by atoms with Crippen LogP contribution in [-0.2, 0) is 0 Å². The van der Waals surface area contributed by atoms with E-state index in [1.54, 1.807) is 0 Å². The molecule has 0 amide bonds. The van der Waals surface area contributed by atoms with Crippen molar-refractivity contribution in [2.45, 2.75) is 294 Å². The molecule has 44 heavy (non-hydrogen) atoms. The maximum atomic E-state index is 2.29. The Hall–Kier alpha value is 0. The third kappa shape index (κ3) is 218. The Balaban J connectivity index is -0.0000000385. The van der Waals surface area contributed by atoms with E-state index in [0.29, 0.717) is 0 Å². The Kier molecular flexibility index (Phi) is 224. The second-order valence-corrected chi connectivity index (χ2v) is 10.4. The predicted octanol–water partition coefficient (Wildman–Crippen LogP) is 19.9. The topological polar surface area (TPSA) is 0 Å². The minimum absolute atomic E-state index is 0. The molecule has 0 heterocycles. The predicted molar refractivity (Wildman–Crippen MR) is 226 cm³/mol. The quantitative estimate of drug-likeness (QED) is 0.131. The van der Waals surface area contributed by atoms with Gasteiger partial charge in [-0.15, -0.1) is 0 Å². The lowest BCUT2D eigenvalue weighted by Crippen LogP contribution is -1.83. The standard InChI is InChI=1S/C18H38.C5H12.C4H10.3C3H8.3C2H6.2CH4/c1-3-5-7-9-11-13-15-17-18-16-14-12-10-8-6-4-2;1-3-5-4-2;1-3-4-2;3*1-3-2;3*1-2;;/h3-18H2,1-2H3;3-5H2,1-2H3;3-4H2,1-2H3;3*3H2,1-2H3;3*1-2H3;2*1H4. The minimum atomic E-state index is 0. The molecule has 0 spiro atoms. The van der Waals surface area contributed by atoms with Gasteiger partial charge in [0.2, 0.25) is 0 Å². The molecule has 0 radical (unpaired) electrons. The van der Waals surface area contributed by atoms with Crippen molar-refractivity contribution < 1.29 is 0 Å². The van der Waals surface area contributed by atoms with Crippen molar-refractivity contribution in [3.05, 3.63) is 0 Å². The summed E-state index contributed by atoms with van der Waals surface area (Å²) in [6.45, 7) is 38.1. The lowest BCUT2D eigenvalue weighted by Gasteiger charge is -2.03. The van der Waals surface area contributed by atoms with E-state index in [1.807, 2.05) is 41.5 Å². The fourth-order valence-corrected chi connectivity index (χ4v) is 2.97. The summed E-state index contributed by atoms with van der Waals surface area (Å²) in [6, 6.07) is 0. The molecule has 0 rings (SSSR count). The fraction of sp³-hybridized carbons (Fsp3) is 1.00. The van der Waals surface area contributed by atoms with Crippen LogP contribution in [0, 0.1) is 0 Å². The zero-order valence-electron chi connectivity index (χ0n) is 35.0. The smallest absolute Gasteiger partial charge is 0.0533 e. The molecule has 0 saturated heterocycles. The van der Waals surface area contributed by atoms with Crippen LogP contribution in [0.2, 0.25) is 0 Å². The SMILES string of the molecule is C.C.CC.CC.CC.CCC.CCC.CCC.CCCC.CCCCC.CCCCCCCCCCCCCCCCCC. The van der Waals surface area contributed by atoms with Crippen molar-refractivity contribution in [3.63, 3.8) is 0 Å². The highest BCUT2D eigenvalue weighted by Gasteiger charge is 1.93. The van der Waals surface area contributed by atoms with E-state index in [1.165, 1.54) is 154 Å². The molecule has 0 aromatic rings. The molecular weight excluding hydrogens is 528 g/mol. The molecule has 286 valence electrons. The normalized spacial score (nSPS) is 7.77. The van der Waals surface area contributed by atoms with Crippen LogP contribution >= 0.6 is 0 Å². The first-order chi connectivity index (χ1) is 20.5. The second-order valence-electron chi connectivity index (χ2n) is 10.4. The molecule has 0 aromatic heterocycles. The van der Waals surface area contributed by atoms with Crippen molar-refractivity contribution in [2.24, 2.45) is 0 Å². The van der Waals surface area contributed by atoms with Gasteiger partial charge in [0.1, 0.15) is 0 Å². The van der Waals surface area contributed by atoms with Crippen LogP contribution in [-0.4, -0.2) is 0 Å². The van der Waals surface area contributed by atoms with Gasteiger partial charge in [-0.05, 0) is 0 Å². The van der Waals surface area contributed by atoms with Crippen LogP contribution in [0.3, 0.4) is 0 Å². The largest absolute Gasteiger partial charge is 0.0776 e. The van der Waals surface area contributed by atoms with Crippen LogP contribution in [0.5, 0.6) is 0 Å². The van der Waals surface area contributed by atoms with Crippen molar-refractivity contribution in [3.8, 4) is 0 Å². The number of hydrogen-bond donors (Lipinski definition) is 0. The summed E-state index contributed by atoms with van der Waals surface area (Å²) >= 11 is 0. The summed E-state index contributed by atoms with van der Waals surface area (Å²) in [5.74, 6) is 0. The Bertz CT molecular complexity index is 195. The molecular formula is C44H110.